The summed E-state index contributed by atoms with van der Waals surface area (Å²) in [6.07, 6.45) is 11.3. The third-order valence-electron chi connectivity index (χ3n) is 12.8. The number of carbonyl (C=O) groups is 2. The number of nitrogens with two attached hydrogens (primary N) is 4. The minimum absolute atomic E-state index is 0.0146. The molecule has 94 heavy (non-hydrogen) atoms. The number of ether oxygens (including phenoxy) is 1. The van der Waals surface area contributed by atoms with Crippen LogP contribution in [-0.4, -0.2) is 138 Å². The lowest BCUT2D eigenvalue weighted by Crippen LogP contribution is -2.21. The first-order chi connectivity index (χ1) is 45.7. The van der Waals surface area contributed by atoms with E-state index in [1.165, 1.54) is 105 Å². The summed E-state index contributed by atoms with van der Waals surface area (Å²) < 4.78 is 4.65. The number of aromatic nitrogens is 8. The molecule has 0 radical (unpaired) electrons. The van der Waals surface area contributed by atoms with E-state index >= 15 is 0 Å². The van der Waals surface area contributed by atoms with Crippen LogP contribution >= 0.6 is 0 Å². The van der Waals surface area contributed by atoms with Crippen LogP contribution in [0.4, 0.5) is 75.0 Å². The Balaban J connectivity index is 0.000000200. The van der Waals surface area contributed by atoms with Crippen molar-refractivity contribution < 1.29 is 38.5 Å². The molecule has 0 bridgehead atoms. The van der Waals surface area contributed by atoms with Crippen molar-refractivity contribution in [3.05, 3.63) is 197 Å². The molecule has 30 heteroatoms. The van der Waals surface area contributed by atoms with Crippen LogP contribution in [0.15, 0.2) is 178 Å². The topological polar surface area (TPSA) is 410 Å². The van der Waals surface area contributed by atoms with Crippen molar-refractivity contribution in [3.63, 3.8) is 0 Å². The second kappa shape index (κ2) is 37.2. The number of nitrogens with one attached hydrogen (secondary N) is 4. The lowest BCUT2D eigenvalue weighted by molar-refractivity contribution is 0.0600. The minimum Gasteiger partial charge on any atom is -0.465 e. The van der Waals surface area contributed by atoms with Gasteiger partial charge in [-0.05, 0) is 106 Å². The maximum Gasteiger partial charge on any atom is 0.337 e. The Kier molecular flexibility index (Phi) is 27.8. The number of esters is 1. The van der Waals surface area contributed by atoms with Gasteiger partial charge in [0.2, 0.25) is 0 Å². The fourth-order valence-electron chi connectivity index (χ4n) is 8.12. The lowest BCUT2D eigenvalue weighted by atomic mass is 10.0. The van der Waals surface area contributed by atoms with Crippen LogP contribution in [0.25, 0.3) is 0 Å². The zero-order chi connectivity index (χ0) is 67.6. The van der Waals surface area contributed by atoms with E-state index in [4.69, 9.17) is 37.4 Å². The summed E-state index contributed by atoms with van der Waals surface area (Å²) in [5.74, 6) is 2.88. The molecule has 12 N–H and O–H groups in total. The van der Waals surface area contributed by atoms with Crippen molar-refractivity contribution in [2.75, 3.05) is 105 Å². The third-order valence-corrected chi connectivity index (χ3v) is 12.8. The summed E-state index contributed by atoms with van der Waals surface area (Å²) in [7, 11) is 8.64. The zero-order valence-electron chi connectivity index (χ0n) is 53.0. The van der Waals surface area contributed by atoms with E-state index in [1.54, 1.807) is 48.5 Å². The molecule has 0 unspecified atom stereocenters. The van der Waals surface area contributed by atoms with E-state index in [-0.39, 0.29) is 17.4 Å². The van der Waals surface area contributed by atoms with Crippen LogP contribution in [0.3, 0.4) is 0 Å². The number of nitrogen functional groups attached to an aromatic ring is 4. The molecule has 0 aliphatic carbocycles. The predicted octanol–water partition coefficient (Wildman–Crippen LogP) is 9.37. The summed E-state index contributed by atoms with van der Waals surface area (Å²) in [6, 6.07) is 39.5. The Morgan fingerprint density at radius 3 is 1.02 bits per heavy atom. The molecule has 9 rings (SSSR count). The molecule has 5 aromatic carbocycles. The van der Waals surface area contributed by atoms with Gasteiger partial charge in [-0.2, -0.15) is 0 Å². The van der Waals surface area contributed by atoms with Gasteiger partial charge in [0.05, 0.1) is 59.8 Å². The van der Waals surface area contributed by atoms with Gasteiger partial charge in [0.25, 0.3) is 0 Å². The van der Waals surface area contributed by atoms with Gasteiger partial charge in [-0.15, -0.1) is 0 Å². The number of hydrogen-bond acceptors (Lipinski definition) is 30. The number of nitrogens with zero attached hydrogens (tertiary/aromatic N) is 14. The molecule has 486 valence electrons. The van der Waals surface area contributed by atoms with Crippen molar-refractivity contribution in [2.45, 2.75) is 20.8 Å². The molecule has 4 heterocycles. The Hall–Kier alpha value is -12.9. The van der Waals surface area contributed by atoms with Gasteiger partial charge in [0, 0.05) is 58.2 Å². The molecule has 0 fully saturated rings. The SMILES string of the molecule is CCN(CC)c1ccc(Nc2ncnc(N)c2/C=N/OC)cc1.CO/N=C/c1c(N)ncnc1Nc1ccc(/C(=N/OC)c2ccccc2)cc1.CO/N=C/c1c(N)ncnc1Nc1ccc(C(=O)OC)cc1.CO/N=C/c1c(N)ncnc1Nc1ccc(C(C)=O)cc1. The quantitative estimate of drug-likeness (QED) is 0.0121. The number of ketones is 1. The van der Waals surface area contributed by atoms with Crippen LogP contribution in [0.5, 0.6) is 0 Å². The average molecular weight is 1280 g/mol. The minimum atomic E-state index is -0.397. The number of Topliss-reactive ketones (excluding diaryl/α,β-unsaturated/α-hetero) is 1. The number of methoxy groups -OCH3 is 1. The highest BCUT2D eigenvalue weighted by molar-refractivity contribution is 6.12. The molecule has 0 aliphatic heterocycles. The monoisotopic (exact) mass is 1280 g/mol. The van der Waals surface area contributed by atoms with Crippen LogP contribution in [0.2, 0.25) is 0 Å². The van der Waals surface area contributed by atoms with Gasteiger partial charge in [-0.25, -0.2) is 44.7 Å². The average Bonchev–Trinajstić information content (AvgIpc) is 1.28. The predicted molar refractivity (Wildman–Crippen MR) is 367 cm³/mol. The van der Waals surface area contributed by atoms with Crippen molar-refractivity contribution >= 4 is 117 Å². The van der Waals surface area contributed by atoms with Gasteiger partial charge < -0.3 is 78.0 Å². The van der Waals surface area contributed by atoms with Crippen molar-refractivity contribution in [3.8, 4) is 0 Å². The molecule has 0 saturated heterocycles. The number of rotatable bonds is 24. The Morgan fingerprint density at radius 1 is 0.415 bits per heavy atom. The molecule has 0 saturated carbocycles. The highest BCUT2D eigenvalue weighted by Crippen LogP contribution is 2.27. The third kappa shape index (κ3) is 20.9. The van der Waals surface area contributed by atoms with E-state index in [1.807, 2.05) is 66.7 Å². The van der Waals surface area contributed by atoms with Crippen LogP contribution < -0.4 is 49.1 Å². The summed E-state index contributed by atoms with van der Waals surface area (Å²) in [6.45, 7) is 7.75. The van der Waals surface area contributed by atoms with Crippen LogP contribution in [-0.2, 0) is 28.9 Å². The number of benzene rings is 5. The Morgan fingerprint density at radius 2 is 0.723 bits per heavy atom. The first-order valence-corrected chi connectivity index (χ1v) is 28.4. The van der Waals surface area contributed by atoms with Gasteiger partial charge in [0.1, 0.15) is 113 Å². The Bertz CT molecular complexity index is 4010. The molecular weight excluding hydrogens is 1200 g/mol. The van der Waals surface area contributed by atoms with E-state index in [0.717, 1.165) is 52.7 Å². The molecule has 9 aromatic rings. The first-order valence-electron chi connectivity index (χ1n) is 28.4. The van der Waals surface area contributed by atoms with Gasteiger partial charge in [-0.3, -0.25) is 4.79 Å². The largest absolute Gasteiger partial charge is 0.465 e. The first kappa shape index (κ1) is 70.2. The summed E-state index contributed by atoms with van der Waals surface area (Å²) in [5, 5.41) is 31.6. The van der Waals surface area contributed by atoms with Crippen molar-refractivity contribution in [1.82, 2.24) is 39.9 Å². The van der Waals surface area contributed by atoms with Gasteiger partial charge >= 0.3 is 5.97 Å². The second-order valence-electron chi connectivity index (χ2n) is 18.7. The maximum atomic E-state index is 11.4. The maximum absolute atomic E-state index is 11.4. The fraction of sp³-hybridized carbons (Fsp3) is 0.172. The Labute approximate surface area is 542 Å². The number of oxime groups is 5. The van der Waals surface area contributed by atoms with Crippen molar-refractivity contribution in [2.24, 2.45) is 25.8 Å². The number of carbonyl (C=O) groups excluding carboxylic acids is 2. The smallest absolute Gasteiger partial charge is 0.337 e. The second-order valence-corrected chi connectivity index (χ2v) is 18.7. The molecule has 4 aromatic heterocycles. The van der Waals surface area contributed by atoms with Crippen LogP contribution in [0, 0.1) is 0 Å². The number of hydrogen-bond donors (Lipinski definition) is 8. The zero-order valence-corrected chi connectivity index (χ0v) is 53.0. The molecule has 0 atom stereocenters. The molecule has 0 amide bonds. The summed E-state index contributed by atoms with van der Waals surface area (Å²) in [4.78, 5) is 81.1. The molecular formula is C64H72N22O8. The van der Waals surface area contributed by atoms with E-state index in [2.05, 4.69) is 132 Å². The molecule has 0 aliphatic rings. The lowest BCUT2D eigenvalue weighted by Gasteiger charge is -2.21. The highest BCUT2D eigenvalue weighted by atomic mass is 16.6. The van der Waals surface area contributed by atoms with Crippen molar-refractivity contribution in [1.29, 1.82) is 0 Å². The molecule has 30 nitrogen and oxygen atoms in total. The summed E-state index contributed by atoms with van der Waals surface area (Å²) in [5.41, 5.74) is 33.7. The highest BCUT2D eigenvalue weighted by Gasteiger charge is 2.14. The van der Waals surface area contributed by atoms with E-state index in [9.17, 15) is 9.59 Å². The van der Waals surface area contributed by atoms with Gasteiger partial charge in [-0.1, -0.05) is 68.2 Å². The van der Waals surface area contributed by atoms with Crippen LogP contribution in [0.1, 0.15) is 74.9 Å². The summed E-state index contributed by atoms with van der Waals surface area (Å²) >= 11 is 0. The molecule has 0 spiro atoms. The van der Waals surface area contributed by atoms with E-state index in [0.29, 0.717) is 68.3 Å². The number of anilines is 13. The fourth-order valence-corrected chi connectivity index (χ4v) is 8.12. The van der Waals surface area contributed by atoms with Gasteiger partial charge in [0.15, 0.2) is 5.78 Å². The normalized spacial score (nSPS) is 10.8. The standard InChI is InChI=1S/C20H20N6O2.C16H22N6O.C14H15N5O3.C14H15N5O2/c1-27-24-12-17-19(21)22-13-23-20(17)25-16-10-8-15(9-11-16)18(26-28-2)14-6-4-3-5-7-14;1-4-22(5-2)13-8-6-12(7-9-13)21-16-14(10-20-23-3)15(17)18-11-19-16;1-21-14(20)9-3-5-10(6-4-9)19-13-11(7-18-22-2)12(15)16-8-17-13;1-9(20)10-3-5-11(6-4-10)19-14-12(7-18-21-2)13(15)16-8-17-14/h3-13H,1-2H3,(H3,21,22,23,25);6-11H,4-5H2,1-3H3,(H3,17,18,19,21);3-8H,1-2H3,(H3,15,16,17,19);3-8H,1-2H3,(H3,15,16,17,19)/b24-12+,26-18+;20-10+;2*18-7+. The van der Waals surface area contributed by atoms with E-state index < -0.39 is 5.97 Å².